The van der Waals surface area contributed by atoms with E-state index in [-0.39, 0.29) is 5.41 Å². The smallest absolute Gasteiger partial charge is 0.113 e. The SMILES string of the molecule is [B]c1cccc(C2(C)CCOCC2)c1. The molecule has 0 N–H and O–H groups in total. The van der Waals surface area contributed by atoms with Crippen LogP contribution in [0.5, 0.6) is 0 Å². The summed E-state index contributed by atoms with van der Waals surface area (Å²) in [5.74, 6) is 0. The molecule has 1 nitrogen and oxygen atoms in total. The van der Waals surface area contributed by atoms with Gasteiger partial charge in [-0.1, -0.05) is 36.7 Å². The molecule has 1 fully saturated rings. The normalized spacial score (nSPS) is 20.6. The Morgan fingerprint density at radius 2 is 2.00 bits per heavy atom. The third kappa shape index (κ3) is 1.85. The fourth-order valence-electron chi connectivity index (χ4n) is 2.02. The van der Waals surface area contributed by atoms with E-state index in [9.17, 15) is 0 Å². The van der Waals surface area contributed by atoms with Gasteiger partial charge in [0, 0.05) is 13.2 Å². The Morgan fingerprint density at radius 3 is 2.64 bits per heavy atom. The van der Waals surface area contributed by atoms with Crippen LogP contribution in [0.4, 0.5) is 0 Å². The molecule has 0 unspecified atom stereocenters. The molecular weight excluding hydrogens is 171 g/mol. The average molecular weight is 186 g/mol. The maximum Gasteiger partial charge on any atom is 0.113 e. The van der Waals surface area contributed by atoms with E-state index >= 15 is 0 Å². The summed E-state index contributed by atoms with van der Waals surface area (Å²) in [4.78, 5) is 0. The lowest BCUT2D eigenvalue weighted by atomic mass is 9.74. The second-order valence-corrected chi connectivity index (χ2v) is 4.30. The third-order valence-corrected chi connectivity index (χ3v) is 3.18. The Bertz CT molecular complexity index is 316. The molecule has 1 aromatic rings. The minimum absolute atomic E-state index is 0.258. The molecular formula is C12H15BO. The third-order valence-electron chi connectivity index (χ3n) is 3.18. The van der Waals surface area contributed by atoms with Gasteiger partial charge in [-0.3, -0.25) is 0 Å². The minimum atomic E-state index is 0.258. The van der Waals surface area contributed by atoms with Gasteiger partial charge in [0.15, 0.2) is 0 Å². The van der Waals surface area contributed by atoms with E-state index in [4.69, 9.17) is 12.6 Å². The summed E-state index contributed by atoms with van der Waals surface area (Å²) in [5, 5.41) is 0. The first-order valence-corrected chi connectivity index (χ1v) is 5.14. The van der Waals surface area contributed by atoms with Crippen molar-refractivity contribution >= 4 is 13.3 Å². The Balaban J connectivity index is 2.28. The molecule has 1 aliphatic heterocycles. The van der Waals surface area contributed by atoms with Crippen molar-refractivity contribution in [2.45, 2.75) is 25.2 Å². The average Bonchev–Trinajstić information content (AvgIpc) is 2.19. The summed E-state index contributed by atoms with van der Waals surface area (Å²) in [6.07, 6.45) is 2.19. The van der Waals surface area contributed by atoms with Crippen molar-refractivity contribution in [2.75, 3.05) is 13.2 Å². The molecule has 1 aliphatic rings. The van der Waals surface area contributed by atoms with Gasteiger partial charge in [0.05, 0.1) is 0 Å². The van der Waals surface area contributed by atoms with Crippen LogP contribution in [0.3, 0.4) is 0 Å². The molecule has 2 heteroatoms. The highest BCUT2D eigenvalue weighted by atomic mass is 16.5. The summed E-state index contributed by atoms with van der Waals surface area (Å²) in [7, 11) is 5.79. The van der Waals surface area contributed by atoms with Crippen molar-refractivity contribution in [3.05, 3.63) is 29.8 Å². The van der Waals surface area contributed by atoms with E-state index in [0.29, 0.717) is 0 Å². The molecule has 1 aromatic carbocycles. The van der Waals surface area contributed by atoms with Crippen molar-refractivity contribution in [2.24, 2.45) is 0 Å². The zero-order chi connectivity index (χ0) is 10.0. The van der Waals surface area contributed by atoms with Gasteiger partial charge in [0.25, 0.3) is 0 Å². The molecule has 0 aromatic heterocycles. The van der Waals surface area contributed by atoms with Gasteiger partial charge in [0.1, 0.15) is 7.85 Å². The maximum atomic E-state index is 5.79. The molecule has 2 rings (SSSR count). The van der Waals surface area contributed by atoms with Crippen LogP contribution < -0.4 is 5.46 Å². The van der Waals surface area contributed by atoms with E-state index < -0.39 is 0 Å². The highest BCUT2D eigenvalue weighted by Gasteiger charge is 2.28. The Labute approximate surface area is 86.9 Å². The second kappa shape index (κ2) is 3.78. The summed E-state index contributed by atoms with van der Waals surface area (Å²) in [6.45, 7) is 4.03. The van der Waals surface area contributed by atoms with Gasteiger partial charge in [-0.2, -0.15) is 0 Å². The lowest BCUT2D eigenvalue weighted by molar-refractivity contribution is 0.0565. The zero-order valence-corrected chi connectivity index (χ0v) is 8.62. The van der Waals surface area contributed by atoms with E-state index in [1.807, 2.05) is 12.1 Å². The molecule has 2 radical (unpaired) electrons. The standard InChI is InChI=1S/C12H15BO/c1-12(5-7-14-8-6-12)10-3-2-4-11(13)9-10/h2-4,9H,5-8H2,1H3. The minimum Gasteiger partial charge on any atom is -0.381 e. The van der Waals surface area contributed by atoms with Crippen LogP contribution in [0.15, 0.2) is 24.3 Å². The Kier molecular flexibility index (Phi) is 2.64. The fraction of sp³-hybridized carbons (Fsp3) is 0.500. The van der Waals surface area contributed by atoms with Crippen LogP contribution in [0.1, 0.15) is 25.3 Å². The molecule has 0 saturated carbocycles. The van der Waals surface area contributed by atoms with Gasteiger partial charge in [-0.05, 0) is 23.8 Å². The monoisotopic (exact) mass is 186 g/mol. The lowest BCUT2D eigenvalue weighted by Crippen LogP contribution is -2.31. The van der Waals surface area contributed by atoms with E-state index in [1.165, 1.54) is 5.56 Å². The number of rotatable bonds is 1. The van der Waals surface area contributed by atoms with Crippen molar-refractivity contribution in [3.63, 3.8) is 0 Å². The first-order valence-electron chi connectivity index (χ1n) is 5.14. The summed E-state index contributed by atoms with van der Waals surface area (Å²) in [6, 6.07) is 8.23. The molecule has 1 heterocycles. The maximum absolute atomic E-state index is 5.79. The first kappa shape index (κ1) is 9.79. The highest BCUT2D eigenvalue weighted by molar-refractivity contribution is 6.32. The topological polar surface area (TPSA) is 9.23 Å². The summed E-state index contributed by atoms with van der Waals surface area (Å²) >= 11 is 0. The molecule has 14 heavy (non-hydrogen) atoms. The number of hydrogen-bond donors (Lipinski definition) is 0. The van der Waals surface area contributed by atoms with Gasteiger partial charge in [0.2, 0.25) is 0 Å². The number of hydrogen-bond acceptors (Lipinski definition) is 1. The number of ether oxygens (including phenoxy) is 1. The Morgan fingerprint density at radius 1 is 1.29 bits per heavy atom. The van der Waals surface area contributed by atoms with Crippen molar-refractivity contribution < 1.29 is 4.74 Å². The van der Waals surface area contributed by atoms with Crippen LogP contribution in [0.2, 0.25) is 0 Å². The van der Waals surface area contributed by atoms with Crippen LogP contribution >= 0.6 is 0 Å². The molecule has 1 saturated heterocycles. The quantitative estimate of drug-likeness (QED) is 0.604. The first-order chi connectivity index (χ1) is 6.71. The van der Waals surface area contributed by atoms with Crippen LogP contribution in [-0.2, 0) is 10.2 Å². The van der Waals surface area contributed by atoms with Gasteiger partial charge < -0.3 is 4.74 Å². The van der Waals surface area contributed by atoms with Crippen molar-refractivity contribution in [1.29, 1.82) is 0 Å². The highest BCUT2D eigenvalue weighted by Crippen LogP contribution is 2.33. The molecule has 0 spiro atoms. The fourth-order valence-corrected chi connectivity index (χ4v) is 2.02. The van der Waals surface area contributed by atoms with Crippen LogP contribution in [-0.4, -0.2) is 21.1 Å². The van der Waals surface area contributed by atoms with E-state index in [1.54, 1.807) is 0 Å². The predicted molar refractivity (Wildman–Crippen MR) is 59.2 cm³/mol. The molecule has 72 valence electrons. The molecule has 0 atom stereocenters. The predicted octanol–water partition coefficient (Wildman–Crippen LogP) is 1.55. The van der Waals surface area contributed by atoms with E-state index in [0.717, 1.165) is 31.5 Å². The van der Waals surface area contributed by atoms with E-state index in [2.05, 4.69) is 19.1 Å². The van der Waals surface area contributed by atoms with Gasteiger partial charge in [-0.25, -0.2) is 0 Å². The molecule has 0 aliphatic carbocycles. The molecule has 0 amide bonds. The number of benzene rings is 1. The Hall–Kier alpha value is -0.755. The van der Waals surface area contributed by atoms with Gasteiger partial charge in [-0.15, -0.1) is 0 Å². The van der Waals surface area contributed by atoms with Crippen LogP contribution in [0.25, 0.3) is 0 Å². The summed E-state index contributed by atoms with van der Waals surface area (Å²) in [5.41, 5.74) is 2.46. The largest absolute Gasteiger partial charge is 0.381 e. The van der Waals surface area contributed by atoms with Gasteiger partial charge >= 0.3 is 0 Å². The zero-order valence-electron chi connectivity index (χ0n) is 8.62. The summed E-state index contributed by atoms with van der Waals surface area (Å²) < 4.78 is 5.39. The van der Waals surface area contributed by atoms with Crippen LogP contribution in [0, 0.1) is 0 Å². The molecule has 0 bridgehead atoms. The second-order valence-electron chi connectivity index (χ2n) is 4.30. The lowest BCUT2D eigenvalue weighted by Gasteiger charge is -2.34. The van der Waals surface area contributed by atoms with Crippen molar-refractivity contribution in [3.8, 4) is 0 Å². The van der Waals surface area contributed by atoms with Crippen molar-refractivity contribution in [1.82, 2.24) is 0 Å².